The number of rotatable bonds is 1. The highest BCUT2D eigenvalue weighted by atomic mass is 19.4. The number of hydrogen-bond acceptors (Lipinski definition) is 3. The van der Waals surface area contributed by atoms with Crippen molar-refractivity contribution in [2.75, 3.05) is 7.05 Å². The van der Waals surface area contributed by atoms with Gasteiger partial charge in [-0.25, -0.2) is 0 Å². The van der Waals surface area contributed by atoms with Gasteiger partial charge >= 0.3 is 18.0 Å². The molecule has 0 atom stereocenters. The van der Waals surface area contributed by atoms with Crippen molar-refractivity contribution in [3.8, 4) is 11.8 Å². The van der Waals surface area contributed by atoms with Crippen molar-refractivity contribution in [1.82, 2.24) is 5.32 Å². The predicted molar refractivity (Wildman–Crippen MR) is 68.7 cm³/mol. The third-order valence-corrected chi connectivity index (χ3v) is 3.33. The van der Waals surface area contributed by atoms with Crippen LogP contribution in [0.15, 0.2) is 24.3 Å². The molecule has 0 aromatic heterocycles. The molecule has 1 amide bonds. The SMILES string of the molecule is CNC(=O)C1=CC(C(F)(F)F)(C(F)(F)F)Oc2ccc(C#N)cc21. The fourth-order valence-electron chi connectivity index (χ4n) is 2.15. The molecule has 0 radical (unpaired) electrons. The maximum Gasteiger partial charge on any atom is 0.441 e. The van der Waals surface area contributed by atoms with Crippen LogP contribution in [0.1, 0.15) is 11.1 Å². The zero-order chi connectivity index (χ0) is 18.3. The number of alkyl halides is 6. The molecule has 0 aliphatic carbocycles. The summed E-state index contributed by atoms with van der Waals surface area (Å²) in [6, 6.07) is 4.43. The summed E-state index contributed by atoms with van der Waals surface area (Å²) in [6.07, 6.45) is -12.0. The Bertz CT molecular complexity index is 744. The van der Waals surface area contributed by atoms with Gasteiger partial charge in [-0.05, 0) is 24.3 Å². The first-order valence-corrected chi connectivity index (χ1v) is 6.29. The standard InChI is InChI=1S/C14H8F6N2O2/c1-22-11(23)9-5-12(13(15,16)17,14(18,19)20)24-10-3-2-7(6-21)4-8(9)10/h2-5H,1H3,(H,22,23). The number of fused-ring (bicyclic) bond motifs is 1. The number of carbonyl (C=O) groups excluding carboxylic acids is 1. The Kier molecular flexibility index (Phi) is 4.00. The Balaban J connectivity index is 2.82. The first-order valence-electron chi connectivity index (χ1n) is 6.29. The summed E-state index contributed by atoms with van der Waals surface area (Å²) >= 11 is 0. The molecule has 1 N–H and O–H groups in total. The molecule has 1 aliphatic heterocycles. The van der Waals surface area contributed by atoms with E-state index in [4.69, 9.17) is 5.26 Å². The molecule has 1 aromatic rings. The van der Waals surface area contributed by atoms with Crippen LogP contribution in [0.5, 0.6) is 5.75 Å². The summed E-state index contributed by atoms with van der Waals surface area (Å²) in [6.45, 7) is 0. The van der Waals surface area contributed by atoms with Crippen LogP contribution in [0.25, 0.3) is 5.57 Å². The van der Waals surface area contributed by atoms with Gasteiger partial charge in [-0.1, -0.05) is 0 Å². The smallest absolute Gasteiger partial charge is 0.441 e. The molecular formula is C14H8F6N2O2. The molecule has 0 saturated carbocycles. The summed E-state index contributed by atoms with van der Waals surface area (Å²) < 4.78 is 83.5. The van der Waals surface area contributed by atoms with Crippen LogP contribution in [0.4, 0.5) is 26.3 Å². The highest BCUT2D eigenvalue weighted by molar-refractivity contribution is 6.20. The monoisotopic (exact) mass is 350 g/mol. The third-order valence-electron chi connectivity index (χ3n) is 3.33. The topological polar surface area (TPSA) is 62.1 Å². The van der Waals surface area contributed by atoms with Crippen molar-refractivity contribution in [1.29, 1.82) is 5.26 Å². The van der Waals surface area contributed by atoms with Gasteiger partial charge in [0.1, 0.15) is 5.75 Å². The van der Waals surface area contributed by atoms with Crippen LogP contribution in [0.3, 0.4) is 0 Å². The average molecular weight is 350 g/mol. The number of nitriles is 1. The van der Waals surface area contributed by atoms with Gasteiger partial charge in [0.2, 0.25) is 0 Å². The largest absolute Gasteiger partial charge is 0.464 e. The van der Waals surface area contributed by atoms with Gasteiger partial charge in [-0.15, -0.1) is 0 Å². The molecule has 0 unspecified atom stereocenters. The lowest BCUT2D eigenvalue weighted by atomic mass is 9.90. The van der Waals surface area contributed by atoms with Gasteiger partial charge in [0.25, 0.3) is 5.91 Å². The van der Waals surface area contributed by atoms with Crippen LogP contribution in [-0.4, -0.2) is 30.9 Å². The Morgan fingerprint density at radius 1 is 1.21 bits per heavy atom. The van der Waals surface area contributed by atoms with Crippen molar-refractivity contribution in [2.45, 2.75) is 18.0 Å². The summed E-state index contributed by atoms with van der Waals surface area (Å²) in [5.74, 6) is -1.97. The maximum atomic E-state index is 13.2. The molecule has 0 spiro atoms. The number of nitrogens with one attached hydrogen (secondary N) is 1. The van der Waals surface area contributed by atoms with Crippen LogP contribution in [0.2, 0.25) is 0 Å². The lowest BCUT2D eigenvalue weighted by Crippen LogP contribution is -2.61. The molecule has 24 heavy (non-hydrogen) atoms. The fraction of sp³-hybridized carbons (Fsp3) is 0.286. The second-order valence-corrected chi connectivity index (χ2v) is 4.79. The van der Waals surface area contributed by atoms with Crippen LogP contribution >= 0.6 is 0 Å². The number of likely N-dealkylation sites (N-methyl/N-ethyl adjacent to an activating group) is 1. The zero-order valence-electron chi connectivity index (χ0n) is 11.8. The van der Waals surface area contributed by atoms with E-state index in [1.54, 1.807) is 6.07 Å². The zero-order valence-corrected chi connectivity index (χ0v) is 11.8. The molecule has 1 heterocycles. The van der Waals surface area contributed by atoms with E-state index in [1.807, 2.05) is 5.32 Å². The van der Waals surface area contributed by atoms with Crippen LogP contribution in [0, 0.1) is 11.3 Å². The minimum Gasteiger partial charge on any atom is -0.464 e. The van der Waals surface area contributed by atoms with E-state index >= 15 is 0 Å². The van der Waals surface area contributed by atoms with Gasteiger partial charge in [0, 0.05) is 12.6 Å². The van der Waals surface area contributed by atoms with Crippen molar-refractivity contribution in [3.63, 3.8) is 0 Å². The molecule has 4 nitrogen and oxygen atoms in total. The summed E-state index contributed by atoms with van der Waals surface area (Å²) in [5.41, 5.74) is -5.94. The van der Waals surface area contributed by atoms with Gasteiger partial charge in [-0.2, -0.15) is 31.6 Å². The molecule has 0 bridgehead atoms. The summed E-state index contributed by atoms with van der Waals surface area (Å²) in [5, 5.41) is 10.8. The van der Waals surface area contributed by atoms with E-state index in [2.05, 4.69) is 4.74 Å². The Labute approximate surface area is 131 Å². The Morgan fingerprint density at radius 2 is 1.79 bits per heavy atom. The molecule has 10 heteroatoms. The number of carbonyl (C=O) groups is 1. The number of halogens is 6. The number of ether oxygens (including phenoxy) is 1. The molecule has 128 valence electrons. The minimum absolute atomic E-state index is 0.0568. The van der Waals surface area contributed by atoms with E-state index in [9.17, 15) is 31.1 Å². The van der Waals surface area contributed by atoms with Crippen LogP contribution in [-0.2, 0) is 4.79 Å². The number of benzene rings is 1. The number of nitrogens with zero attached hydrogens (tertiary/aromatic N) is 1. The van der Waals surface area contributed by atoms with E-state index in [0.717, 1.165) is 25.2 Å². The second-order valence-electron chi connectivity index (χ2n) is 4.79. The molecule has 2 rings (SSSR count). The molecule has 0 fully saturated rings. The minimum atomic E-state index is -5.86. The van der Waals surface area contributed by atoms with Gasteiger partial charge in [0.05, 0.1) is 17.2 Å². The first kappa shape index (κ1) is 17.7. The molecule has 1 aliphatic rings. The van der Waals surface area contributed by atoms with Gasteiger partial charge < -0.3 is 10.1 Å². The normalized spacial score (nSPS) is 16.3. The van der Waals surface area contributed by atoms with Gasteiger partial charge in [-0.3, -0.25) is 4.79 Å². The van der Waals surface area contributed by atoms with E-state index in [0.29, 0.717) is 0 Å². The average Bonchev–Trinajstić information content (AvgIpc) is 2.50. The van der Waals surface area contributed by atoms with E-state index in [1.165, 1.54) is 0 Å². The maximum absolute atomic E-state index is 13.2. The summed E-state index contributed by atoms with van der Waals surface area (Å²) in [7, 11) is 1.05. The van der Waals surface area contributed by atoms with Crippen molar-refractivity contribution >= 4 is 11.5 Å². The molecule has 1 aromatic carbocycles. The highest BCUT2D eigenvalue weighted by Gasteiger charge is 2.73. The predicted octanol–water partition coefficient (Wildman–Crippen LogP) is 2.94. The third kappa shape index (κ3) is 2.55. The van der Waals surface area contributed by atoms with Gasteiger partial charge in [0.15, 0.2) is 0 Å². The van der Waals surface area contributed by atoms with Crippen LogP contribution < -0.4 is 10.1 Å². The lowest BCUT2D eigenvalue weighted by Gasteiger charge is -2.38. The van der Waals surface area contributed by atoms with E-state index < -0.39 is 35.2 Å². The number of hydrogen-bond donors (Lipinski definition) is 1. The quantitative estimate of drug-likeness (QED) is 0.792. The number of amides is 1. The summed E-state index contributed by atoms with van der Waals surface area (Å²) in [4.78, 5) is 11.8. The van der Waals surface area contributed by atoms with Crippen molar-refractivity contribution in [3.05, 3.63) is 35.4 Å². The second kappa shape index (κ2) is 5.43. The van der Waals surface area contributed by atoms with Crippen molar-refractivity contribution in [2.24, 2.45) is 0 Å². The first-order chi connectivity index (χ1) is 11.0. The Hall–Kier alpha value is -2.70. The van der Waals surface area contributed by atoms with Crippen molar-refractivity contribution < 1.29 is 35.9 Å². The van der Waals surface area contributed by atoms with E-state index in [-0.39, 0.29) is 17.2 Å². The fourth-order valence-corrected chi connectivity index (χ4v) is 2.15. The Morgan fingerprint density at radius 3 is 2.25 bits per heavy atom. The lowest BCUT2D eigenvalue weighted by molar-refractivity contribution is -0.338. The highest BCUT2D eigenvalue weighted by Crippen LogP contribution is 2.51. The molecular weight excluding hydrogens is 342 g/mol. The molecule has 0 saturated heterocycles.